The highest BCUT2D eigenvalue weighted by Gasteiger charge is 2.30. The Labute approximate surface area is 110 Å². The van der Waals surface area contributed by atoms with E-state index in [0.717, 1.165) is 31.1 Å². The summed E-state index contributed by atoms with van der Waals surface area (Å²) in [6, 6.07) is 2.51. The van der Waals surface area contributed by atoms with Crippen molar-refractivity contribution in [2.45, 2.75) is 50.7 Å². The number of ether oxygens (including phenoxy) is 1. The first-order valence-electron chi connectivity index (χ1n) is 6.82. The molecule has 3 heteroatoms. The van der Waals surface area contributed by atoms with E-state index in [2.05, 4.69) is 13.0 Å². The van der Waals surface area contributed by atoms with Crippen LogP contribution >= 0.6 is 11.8 Å². The highest BCUT2D eigenvalue weighted by molar-refractivity contribution is 7.99. The van der Waals surface area contributed by atoms with Crippen LogP contribution in [0.15, 0.2) is 0 Å². The van der Waals surface area contributed by atoms with Crippen LogP contribution in [-0.2, 0) is 4.74 Å². The van der Waals surface area contributed by atoms with Gasteiger partial charge in [-0.05, 0) is 37.4 Å². The van der Waals surface area contributed by atoms with Gasteiger partial charge < -0.3 is 4.74 Å². The molecule has 1 saturated carbocycles. The molecule has 0 aromatic carbocycles. The molecule has 3 atom stereocenters. The molecule has 1 aliphatic carbocycles. The van der Waals surface area contributed by atoms with Crippen molar-refractivity contribution in [3.05, 3.63) is 0 Å². The minimum atomic E-state index is 0.288. The minimum absolute atomic E-state index is 0.288. The zero-order valence-corrected chi connectivity index (χ0v) is 12.0. The number of nitrogens with zero attached hydrogens (tertiary/aromatic N) is 1. The molecule has 1 rings (SSSR count). The summed E-state index contributed by atoms with van der Waals surface area (Å²) in [4.78, 5) is 0. The molecular formula is C14H25NOS. The van der Waals surface area contributed by atoms with E-state index in [-0.39, 0.29) is 5.92 Å². The van der Waals surface area contributed by atoms with E-state index in [0.29, 0.717) is 5.25 Å². The van der Waals surface area contributed by atoms with Gasteiger partial charge in [-0.3, -0.25) is 0 Å². The largest absolute Gasteiger partial charge is 0.385 e. The van der Waals surface area contributed by atoms with Crippen LogP contribution in [0.2, 0.25) is 0 Å². The SMILES string of the molecule is CCCC1CCC(C#N)C(SCCCOC)C1. The molecule has 0 N–H and O–H groups in total. The Morgan fingerprint density at radius 2 is 2.24 bits per heavy atom. The van der Waals surface area contributed by atoms with Crippen LogP contribution < -0.4 is 0 Å². The van der Waals surface area contributed by atoms with Crippen molar-refractivity contribution in [2.75, 3.05) is 19.5 Å². The molecule has 2 nitrogen and oxygen atoms in total. The Hall–Kier alpha value is -0.200. The molecule has 0 spiro atoms. The van der Waals surface area contributed by atoms with E-state index < -0.39 is 0 Å². The van der Waals surface area contributed by atoms with E-state index in [1.165, 1.54) is 25.7 Å². The molecule has 17 heavy (non-hydrogen) atoms. The molecular weight excluding hydrogens is 230 g/mol. The second-order valence-electron chi connectivity index (χ2n) is 4.96. The average Bonchev–Trinajstić information content (AvgIpc) is 2.35. The number of hydrogen-bond donors (Lipinski definition) is 0. The number of hydrogen-bond acceptors (Lipinski definition) is 3. The Kier molecular flexibility index (Phi) is 7.72. The lowest BCUT2D eigenvalue weighted by Crippen LogP contribution is -2.26. The normalized spacial score (nSPS) is 28.9. The molecule has 0 aromatic rings. The summed E-state index contributed by atoms with van der Waals surface area (Å²) in [5, 5.41) is 9.76. The predicted molar refractivity (Wildman–Crippen MR) is 74.1 cm³/mol. The Bertz CT molecular complexity index is 239. The molecule has 98 valence electrons. The summed E-state index contributed by atoms with van der Waals surface area (Å²) in [5.41, 5.74) is 0. The van der Waals surface area contributed by atoms with E-state index in [4.69, 9.17) is 4.74 Å². The van der Waals surface area contributed by atoms with Crippen molar-refractivity contribution < 1.29 is 4.74 Å². The van der Waals surface area contributed by atoms with E-state index in [1.54, 1.807) is 7.11 Å². The van der Waals surface area contributed by atoms with Gasteiger partial charge in [-0.1, -0.05) is 19.8 Å². The topological polar surface area (TPSA) is 33.0 Å². The zero-order valence-electron chi connectivity index (χ0n) is 11.2. The molecule has 0 radical (unpaired) electrons. The number of thioether (sulfide) groups is 1. The molecule has 0 aliphatic heterocycles. The first kappa shape index (κ1) is 14.9. The van der Waals surface area contributed by atoms with Crippen LogP contribution in [0.25, 0.3) is 0 Å². The first-order chi connectivity index (χ1) is 8.31. The number of methoxy groups -OCH3 is 1. The molecule has 0 amide bonds. The van der Waals surface area contributed by atoms with Gasteiger partial charge in [0.2, 0.25) is 0 Å². The summed E-state index contributed by atoms with van der Waals surface area (Å²) in [7, 11) is 1.75. The zero-order chi connectivity index (χ0) is 12.5. The van der Waals surface area contributed by atoms with E-state index in [9.17, 15) is 5.26 Å². The summed E-state index contributed by atoms with van der Waals surface area (Å²) in [6.07, 6.45) is 7.36. The van der Waals surface area contributed by atoms with Crippen LogP contribution in [0, 0.1) is 23.2 Å². The van der Waals surface area contributed by atoms with Gasteiger partial charge in [0.15, 0.2) is 0 Å². The van der Waals surface area contributed by atoms with Gasteiger partial charge in [0.05, 0.1) is 12.0 Å². The molecule has 0 bridgehead atoms. The monoisotopic (exact) mass is 255 g/mol. The smallest absolute Gasteiger partial charge is 0.0667 e. The molecule has 0 saturated heterocycles. The van der Waals surface area contributed by atoms with Gasteiger partial charge in [-0.25, -0.2) is 0 Å². The van der Waals surface area contributed by atoms with Crippen LogP contribution in [0.5, 0.6) is 0 Å². The molecule has 3 unspecified atom stereocenters. The summed E-state index contributed by atoms with van der Waals surface area (Å²) < 4.78 is 5.07. The standard InChI is InChI=1S/C14H25NOS/c1-3-5-12-6-7-13(11-15)14(10-12)17-9-4-8-16-2/h12-14H,3-10H2,1-2H3. The highest BCUT2D eigenvalue weighted by atomic mass is 32.2. The predicted octanol–water partition coefficient (Wildman–Crippen LogP) is 3.86. The lowest BCUT2D eigenvalue weighted by molar-refractivity contribution is 0.200. The molecule has 1 fully saturated rings. The van der Waals surface area contributed by atoms with Crippen LogP contribution in [0.4, 0.5) is 0 Å². The summed E-state index contributed by atoms with van der Waals surface area (Å²) in [6.45, 7) is 3.10. The van der Waals surface area contributed by atoms with Crippen molar-refractivity contribution in [2.24, 2.45) is 11.8 Å². The fourth-order valence-electron chi connectivity index (χ4n) is 2.65. The second-order valence-corrected chi connectivity index (χ2v) is 6.31. The van der Waals surface area contributed by atoms with Crippen LogP contribution in [0.1, 0.15) is 45.4 Å². The summed E-state index contributed by atoms with van der Waals surface area (Å²) in [5.74, 6) is 2.29. The number of nitriles is 1. The third-order valence-electron chi connectivity index (χ3n) is 3.59. The second kappa shape index (κ2) is 8.83. The Balaban J connectivity index is 2.32. The molecule has 0 heterocycles. The maximum Gasteiger partial charge on any atom is 0.0667 e. The third-order valence-corrected chi connectivity index (χ3v) is 5.06. The van der Waals surface area contributed by atoms with Gasteiger partial charge >= 0.3 is 0 Å². The maximum atomic E-state index is 9.19. The van der Waals surface area contributed by atoms with Crippen molar-refractivity contribution in [3.63, 3.8) is 0 Å². The average molecular weight is 255 g/mol. The van der Waals surface area contributed by atoms with Crippen molar-refractivity contribution >= 4 is 11.8 Å². The highest BCUT2D eigenvalue weighted by Crippen LogP contribution is 2.38. The lowest BCUT2D eigenvalue weighted by atomic mass is 9.80. The van der Waals surface area contributed by atoms with Gasteiger partial charge in [0.1, 0.15) is 0 Å². The fourth-order valence-corrected chi connectivity index (χ4v) is 4.08. The lowest BCUT2D eigenvalue weighted by Gasteiger charge is -2.32. The minimum Gasteiger partial charge on any atom is -0.385 e. The van der Waals surface area contributed by atoms with Crippen molar-refractivity contribution in [3.8, 4) is 6.07 Å². The van der Waals surface area contributed by atoms with Gasteiger partial charge in [-0.15, -0.1) is 0 Å². The number of rotatable bonds is 7. The van der Waals surface area contributed by atoms with Crippen LogP contribution in [-0.4, -0.2) is 24.7 Å². The molecule has 1 aliphatic rings. The first-order valence-corrected chi connectivity index (χ1v) is 7.86. The van der Waals surface area contributed by atoms with Gasteiger partial charge in [0, 0.05) is 19.0 Å². The molecule has 0 aromatic heterocycles. The quantitative estimate of drug-likeness (QED) is 0.648. The summed E-state index contributed by atoms with van der Waals surface area (Å²) >= 11 is 2.00. The Morgan fingerprint density at radius 3 is 2.88 bits per heavy atom. The van der Waals surface area contributed by atoms with Gasteiger partial charge in [0.25, 0.3) is 0 Å². The Morgan fingerprint density at radius 1 is 1.41 bits per heavy atom. The van der Waals surface area contributed by atoms with Crippen molar-refractivity contribution in [1.82, 2.24) is 0 Å². The van der Waals surface area contributed by atoms with E-state index in [1.807, 2.05) is 11.8 Å². The van der Waals surface area contributed by atoms with Crippen LogP contribution in [0.3, 0.4) is 0 Å². The van der Waals surface area contributed by atoms with E-state index >= 15 is 0 Å². The van der Waals surface area contributed by atoms with Crippen molar-refractivity contribution in [1.29, 1.82) is 5.26 Å². The maximum absolute atomic E-state index is 9.19. The van der Waals surface area contributed by atoms with Gasteiger partial charge in [-0.2, -0.15) is 17.0 Å². The fraction of sp³-hybridized carbons (Fsp3) is 0.929. The third kappa shape index (κ3) is 5.31.